The third-order valence-corrected chi connectivity index (χ3v) is 4.98. The lowest BCUT2D eigenvalue weighted by Gasteiger charge is -2.08. The van der Waals surface area contributed by atoms with Gasteiger partial charge in [0.1, 0.15) is 16.4 Å². The quantitative estimate of drug-likeness (QED) is 0.897. The Balaban J connectivity index is 1.94. The van der Waals surface area contributed by atoms with Crippen LogP contribution in [0.15, 0.2) is 35.4 Å². The molecule has 23 heavy (non-hydrogen) atoms. The summed E-state index contributed by atoms with van der Waals surface area (Å²) in [6.07, 6.45) is 2.11. The fraction of sp³-hybridized carbons (Fsp3) is 0.267. The minimum Gasteiger partial charge on any atom is -0.351 e. The Morgan fingerprint density at radius 3 is 2.83 bits per heavy atom. The number of sulfonamides is 1. The maximum atomic E-state index is 13.8. The Morgan fingerprint density at radius 2 is 2.09 bits per heavy atom. The molecular formula is C15H16FN3O3S. The van der Waals surface area contributed by atoms with Gasteiger partial charge in [0.25, 0.3) is 15.9 Å². The molecule has 2 heterocycles. The van der Waals surface area contributed by atoms with Crippen LogP contribution in [0, 0.1) is 12.7 Å². The fourth-order valence-electron chi connectivity index (χ4n) is 2.45. The topological polar surface area (TPSA) is 80.2 Å². The number of fused-ring (bicyclic) bond motifs is 1. The van der Waals surface area contributed by atoms with Crippen molar-refractivity contribution < 1.29 is 17.6 Å². The predicted octanol–water partition coefficient (Wildman–Crippen LogP) is 1.87. The molecule has 0 bridgehead atoms. The zero-order valence-electron chi connectivity index (χ0n) is 12.5. The molecule has 0 fully saturated rings. The maximum Gasteiger partial charge on any atom is 0.267 e. The minimum atomic E-state index is -3.97. The van der Waals surface area contributed by atoms with Crippen molar-refractivity contribution in [3.05, 3.63) is 47.5 Å². The van der Waals surface area contributed by atoms with Crippen molar-refractivity contribution >= 4 is 21.6 Å². The average molecular weight is 337 g/mol. The fourth-order valence-corrected chi connectivity index (χ4v) is 3.56. The normalized spacial score (nSPS) is 14.8. The van der Waals surface area contributed by atoms with E-state index in [1.165, 1.54) is 24.4 Å². The van der Waals surface area contributed by atoms with Crippen LogP contribution in [0.1, 0.15) is 22.5 Å². The number of carbonyl (C=O) groups excluding carboxylic acids is 1. The van der Waals surface area contributed by atoms with Crippen LogP contribution in [0.2, 0.25) is 0 Å². The number of anilines is 1. The average Bonchev–Trinajstić information content (AvgIpc) is 2.84. The van der Waals surface area contributed by atoms with E-state index in [0.717, 1.165) is 0 Å². The predicted molar refractivity (Wildman–Crippen MR) is 83.3 cm³/mol. The summed E-state index contributed by atoms with van der Waals surface area (Å²) in [5.74, 6) is -0.961. The SMILES string of the molecule is Cc1ccc(NS(=O)(=O)c2cc3n(c2)CCCNC3=O)c(F)c1. The molecule has 1 aromatic heterocycles. The highest BCUT2D eigenvalue weighted by Gasteiger charge is 2.23. The van der Waals surface area contributed by atoms with Crippen LogP contribution in [0.3, 0.4) is 0 Å². The van der Waals surface area contributed by atoms with Gasteiger partial charge >= 0.3 is 0 Å². The summed E-state index contributed by atoms with van der Waals surface area (Å²) in [5, 5.41) is 2.70. The van der Waals surface area contributed by atoms with E-state index in [4.69, 9.17) is 0 Å². The number of nitrogens with zero attached hydrogens (tertiary/aromatic N) is 1. The van der Waals surface area contributed by atoms with E-state index in [1.807, 2.05) is 0 Å². The van der Waals surface area contributed by atoms with Crippen LogP contribution in [0.4, 0.5) is 10.1 Å². The molecule has 122 valence electrons. The van der Waals surface area contributed by atoms with Crippen LogP contribution in [0.25, 0.3) is 0 Å². The molecule has 1 aliphatic rings. The maximum absolute atomic E-state index is 13.8. The molecule has 0 aliphatic carbocycles. The second-order valence-electron chi connectivity index (χ2n) is 5.45. The Morgan fingerprint density at radius 1 is 1.30 bits per heavy atom. The standard InChI is InChI=1S/C15H16FN3O3S/c1-10-3-4-13(12(16)7-10)18-23(21,22)11-8-14-15(20)17-5-2-6-19(14)9-11/h3-4,7-9,18H,2,5-6H2,1H3,(H,17,20). The first-order chi connectivity index (χ1) is 10.9. The molecule has 0 saturated heterocycles. The molecule has 8 heteroatoms. The van der Waals surface area contributed by atoms with Gasteiger partial charge < -0.3 is 9.88 Å². The summed E-state index contributed by atoms with van der Waals surface area (Å²) in [4.78, 5) is 11.8. The molecule has 6 nitrogen and oxygen atoms in total. The second-order valence-corrected chi connectivity index (χ2v) is 7.14. The third-order valence-electron chi connectivity index (χ3n) is 3.64. The molecular weight excluding hydrogens is 321 g/mol. The highest BCUT2D eigenvalue weighted by atomic mass is 32.2. The van der Waals surface area contributed by atoms with Crippen LogP contribution in [0.5, 0.6) is 0 Å². The van der Waals surface area contributed by atoms with Crippen LogP contribution >= 0.6 is 0 Å². The molecule has 3 rings (SSSR count). The van der Waals surface area contributed by atoms with E-state index in [9.17, 15) is 17.6 Å². The van der Waals surface area contributed by atoms with E-state index < -0.39 is 15.8 Å². The number of amides is 1. The largest absolute Gasteiger partial charge is 0.351 e. The molecule has 2 aromatic rings. The van der Waals surface area contributed by atoms with Crippen molar-refractivity contribution in [2.24, 2.45) is 0 Å². The van der Waals surface area contributed by atoms with Gasteiger partial charge in [0, 0.05) is 19.3 Å². The zero-order chi connectivity index (χ0) is 16.6. The van der Waals surface area contributed by atoms with Crippen molar-refractivity contribution in [1.82, 2.24) is 9.88 Å². The summed E-state index contributed by atoms with van der Waals surface area (Å²) < 4.78 is 42.5. The number of carbonyl (C=O) groups is 1. The Labute approximate surface area is 133 Å². The van der Waals surface area contributed by atoms with E-state index in [0.29, 0.717) is 25.1 Å². The summed E-state index contributed by atoms with van der Waals surface area (Å²) in [5.41, 5.74) is 0.853. The molecule has 2 N–H and O–H groups in total. The summed E-state index contributed by atoms with van der Waals surface area (Å²) in [7, 11) is -3.97. The lowest BCUT2D eigenvalue weighted by molar-refractivity contribution is 0.0951. The third kappa shape index (κ3) is 3.07. The molecule has 1 amide bonds. The van der Waals surface area contributed by atoms with Crippen LogP contribution in [-0.2, 0) is 16.6 Å². The number of halogens is 1. The van der Waals surface area contributed by atoms with Gasteiger partial charge in [-0.05, 0) is 37.1 Å². The molecule has 0 spiro atoms. The van der Waals surface area contributed by atoms with E-state index in [2.05, 4.69) is 10.0 Å². The number of aryl methyl sites for hydroxylation is 2. The number of hydrogen-bond acceptors (Lipinski definition) is 3. The van der Waals surface area contributed by atoms with Crippen molar-refractivity contribution in [3.8, 4) is 0 Å². The lowest BCUT2D eigenvalue weighted by Crippen LogP contribution is -2.22. The van der Waals surface area contributed by atoms with Gasteiger partial charge in [-0.25, -0.2) is 12.8 Å². The van der Waals surface area contributed by atoms with Crippen LogP contribution in [-0.4, -0.2) is 25.4 Å². The number of hydrogen-bond donors (Lipinski definition) is 2. The van der Waals surface area contributed by atoms with Gasteiger partial charge in [0.15, 0.2) is 0 Å². The summed E-state index contributed by atoms with van der Waals surface area (Å²) in [6.45, 7) is 2.81. The Hall–Kier alpha value is -2.35. The first-order valence-corrected chi connectivity index (χ1v) is 8.62. The number of aromatic nitrogens is 1. The van der Waals surface area contributed by atoms with Gasteiger partial charge in [0.2, 0.25) is 0 Å². The van der Waals surface area contributed by atoms with Crippen molar-refractivity contribution in [3.63, 3.8) is 0 Å². The van der Waals surface area contributed by atoms with Gasteiger partial charge in [0.05, 0.1) is 5.69 Å². The van der Waals surface area contributed by atoms with Gasteiger partial charge in [-0.3, -0.25) is 9.52 Å². The lowest BCUT2D eigenvalue weighted by atomic mass is 10.2. The Bertz CT molecular complexity index is 874. The molecule has 0 unspecified atom stereocenters. The highest BCUT2D eigenvalue weighted by Crippen LogP contribution is 2.22. The first kappa shape index (κ1) is 15.5. The summed E-state index contributed by atoms with van der Waals surface area (Å²) >= 11 is 0. The van der Waals surface area contributed by atoms with Crippen molar-refractivity contribution in [2.45, 2.75) is 24.8 Å². The smallest absolute Gasteiger partial charge is 0.267 e. The molecule has 0 saturated carbocycles. The van der Waals surface area contributed by atoms with E-state index in [1.54, 1.807) is 17.6 Å². The van der Waals surface area contributed by atoms with Gasteiger partial charge in [-0.15, -0.1) is 0 Å². The van der Waals surface area contributed by atoms with Gasteiger partial charge in [-0.1, -0.05) is 6.07 Å². The minimum absolute atomic E-state index is 0.0653. The highest BCUT2D eigenvalue weighted by molar-refractivity contribution is 7.92. The zero-order valence-corrected chi connectivity index (χ0v) is 13.3. The number of nitrogens with one attached hydrogen (secondary N) is 2. The Kier molecular flexibility index (Phi) is 3.85. The van der Waals surface area contributed by atoms with Gasteiger partial charge in [-0.2, -0.15) is 0 Å². The van der Waals surface area contributed by atoms with E-state index in [-0.39, 0.29) is 22.2 Å². The van der Waals surface area contributed by atoms with Crippen LogP contribution < -0.4 is 10.0 Å². The first-order valence-electron chi connectivity index (χ1n) is 7.14. The number of benzene rings is 1. The second kappa shape index (κ2) is 5.69. The van der Waals surface area contributed by atoms with Crippen molar-refractivity contribution in [1.29, 1.82) is 0 Å². The molecule has 0 radical (unpaired) electrons. The van der Waals surface area contributed by atoms with Crippen molar-refractivity contribution in [2.75, 3.05) is 11.3 Å². The molecule has 0 atom stereocenters. The molecule has 1 aliphatic heterocycles. The monoisotopic (exact) mass is 337 g/mol. The summed E-state index contributed by atoms with van der Waals surface area (Å²) in [6, 6.07) is 5.54. The molecule has 1 aromatic carbocycles. The van der Waals surface area contributed by atoms with E-state index >= 15 is 0 Å². The number of rotatable bonds is 3.